The SMILES string of the molecule is O=[N+]([O-])c1cccc(/C=C2/CCCc3c2nc2c(c3-c3cccc([N+](=O)[O-])c3)CCC/C2=C\c2cccc([N+](=O)[O-])c2)c1. The first kappa shape index (κ1) is 27.6. The summed E-state index contributed by atoms with van der Waals surface area (Å²) in [6.07, 6.45) is 8.48. The van der Waals surface area contributed by atoms with Gasteiger partial charge in [0.2, 0.25) is 0 Å². The number of allylic oxidation sites excluding steroid dienone is 2. The zero-order valence-electron chi connectivity index (χ0n) is 23.1. The molecule has 10 heteroatoms. The van der Waals surface area contributed by atoms with Crippen LogP contribution < -0.4 is 0 Å². The van der Waals surface area contributed by atoms with Gasteiger partial charge >= 0.3 is 0 Å². The van der Waals surface area contributed by atoms with Crippen LogP contribution in [0.1, 0.15) is 59.3 Å². The predicted octanol–water partition coefficient (Wildman–Crippen LogP) is 8.23. The molecule has 0 aliphatic heterocycles. The predicted molar refractivity (Wildman–Crippen MR) is 164 cm³/mol. The lowest BCUT2D eigenvalue weighted by Gasteiger charge is -2.29. The molecular formula is C33H26N4O6. The van der Waals surface area contributed by atoms with Crippen LogP contribution in [0.2, 0.25) is 0 Å². The van der Waals surface area contributed by atoms with Gasteiger partial charge in [-0.3, -0.25) is 30.3 Å². The largest absolute Gasteiger partial charge is 0.270 e. The third-order valence-corrected chi connectivity index (χ3v) is 7.94. The minimum absolute atomic E-state index is 0.00292. The van der Waals surface area contributed by atoms with Crippen LogP contribution >= 0.6 is 0 Å². The van der Waals surface area contributed by atoms with E-state index in [1.165, 1.54) is 30.3 Å². The van der Waals surface area contributed by atoms with Crippen molar-refractivity contribution in [1.29, 1.82) is 0 Å². The maximum atomic E-state index is 11.7. The highest BCUT2D eigenvalue weighted by Gasteiger charge is 2.29. The summed E-state index contributed by atoms with van der Waals surface area (Å²) in [5.74, 6) is 0. The molecule has 0 N–H and O–H groups in total. The molecule has 0 radical (unpaired) electrons. The van der Waals surface area contributed by atoms with Crippen LogP contribution in [0.4, 0.5) is 17.1 Å². The zero-order chi connectivity index (χ0) is 30.1. The topological polar surface area (TPSA) is 142 Å². The number of aromatic nitrogens is 1. The Morgan fingerprint density at radius 3 is 1.49 bits per heavy atom. The van der Waals surface area contributed by atoms with Gasteiger partial charge in [0, 0.05) is 36.4 Å². The summed E-state index contributed by atoms with van der Waals surface area (Å²) in [6, 6.07) is 19.6. The molecule has 4 aromatic rings. The first-order valence-electron chi connectivity index (χ1n) is 14.0. The van der Waals surface area contributed by atoms with Gasteiger partial charge in [0.25, 0.3) is 17.1 Å². The standard InChI is InChI=1S/C33H26N4O6/c38-35(39)26-11-1-6-21(18-26)16-24-9-4-14-29-31(23-8-3-13-28(20-23)37(42)43)30-15-5-10-25(33(30)34-32(24)29)17-22-7-2-12-27(19-22)36(40)41/h1-3,6-8,11-13,16-20H,4-5,9-10,14-15H2/b24-16-,25-17+. The van der Waals surface area contributed by atoms with Crippen molar-refractivity contribution < 1.29 is 14.8 Å². The van der Waals surface area contributed by atoms with E-state index < -0.39 is 14.8 Å². The Bertz CT molecular complexity index is 1770. The number of non-ortho nitro benzene ring substituents is 3. The van der Waals surface area contributed by atoms with Gasteiger partial charge in [-0.2, -0.15) is 0 Å². The molecule has 0 spiro atoms. The molecule has 0 saturated carbocycles. The average molecular weight is 575 g/mol. The maximum absolute atomic E-state index is 11.7. The summed E-state index contributed by atoms with van der Waals surface area (Å²) >= 11 is 0. The van der Waals surface area contributed by atoms with E-state index in [9.17, 15) is 30.3 Å². The Hall–Kier alpha value is -5.51. The second-order valence-corrected chi connectivity index (χ2v) is 10.7. The van der Waals surface area contributed by atoms with Crippen molar-refractivity contribution in [3.05, 3.63) is 137 Å². The second-order valence-electron chi connectivity index (χ2n) is 10.7. The van der Waals surface area contributed by atoms with E-state index in [1.807, 2.05) is 30.4 Å². The van der Waals surface area contributed by atoms with Crippen molar-refractivity contribution >= 4 is 40.4 Å². The van der Waals surface area contributed by atoms with Gasteiger partial charge in [0.05, 0.1) is 26.2 Å². The summed E-state index contributed by atoms with van der Waals surface area (Å²) < 4.78 is 0. The summed E-state index contributed by atoms with van der Waals surface area (Å²) in [4.78, 5) is 38.5. The summed E-state index contributed by atoms with van der Waals surface area (Å²) in [5.41, 5.74) is 8.56. The summed E-state index contributed by atoms with van der Waals surface area (Å²) in [6.45, 7) is 0. The molecule has 3 aromatic carbocycles. The van der Waals surface area contributed by atoms with Gasteiger partial charge in [-0.1, -0.05) is 36.4 Å². The number of nitrogens with zero attached hydrogens (tertiary/aromatic N) is 4. The first-order chi connectivity index (χ1) is 20.8. The van der Waals surface area contributed by atoms with E-state index in [1.54, 1.807) is 24.3 Å². The lowest BCUT2D eigenvalue weighted by molar-refractivity contribution is -0.385. The fourth-order valence-corrected chi connectivity index (χ4v) is 6.09. The molecule has 0 fully saturated rings. The van der Waals surface area contributed by atoms with Gasteiger partial charge in [0.1, 0.15) is 0 Å². The lowest BCUT2D eigenvalue weighted by atomic mass is 9.78. The molecule has 214 valence electrons. The van der Waals surface area contributed by atoms with Crippen molar-refractivity contribution in [2.45, 2.75) is 38.5 Å². The molecule has 0 amide bonds. The van der Waals surface area contributed by atoms with E-state index in [-0.39, 0.29) is 17.1 Å². The van der Waals surface area contributed by atoms with Crippen molar-refractivity contribution in [1.82, 2.24) is 4.98 Å². The molecule has 43 heavy (non-hydrogen) atoms. The van der Waals surface area contributed by atoms with E-state index in [0.717, 1.165) is 83.3 Å². The number of rotatable bonds is 6. The highest BCUT2D eigenvalue weighted by molar-refractivity contribution is 5.91. The monoisotopic (exact) mass is 574 g/mol. The van der Waals surface area contributed by atoms with Crippen LogP contribution in [-0.2, 0) is 12.8 Å². The fourth-order valence-electron chi connectivity index (χ4n) is 6.09. The summed E-state index contributed by atoms with van der Waals surface area (Å²) in [5, 5.41) is 34.5. The molecular weight excluding hydrogens is 548 g/mol. The Morgan fingerprint density at radius 2 is 1.02 bits per heavy atom. The van der Waals surface area contributed by atoms with E-state index in [2.05, 4.69) is 0 Å². The molecule has 0 atom stereocenters. The Morgan fingerprint density at radius 1 is 0.581 bits per heavy atom. The van der Waals surface area contributed by atoms with Crippen LogP contribution in [0, 0.1) is 30.3 Å². The van der Waals surface area contributed by atoms with Crippen molar-refractivity contribution in [3.8, 4) is 11.1 Å². The molecule has 1 heterocycles. The number of fused-ring (bicyclic) bond motifs is 2. The van der Waals surface area contributed by atoms with Crippen molar-refractivity contribution in [2.24, 2.45) is 0 Å². The van der Waals surface area contributed by atoms with Crippen molar-refractivity contribution in [3.63, 3.8) is 0 Å². The Labute approximate surface area is 246 Å². The molecule has 0 bridgehead atoms. The minimum Gasteiger partial charge on any atom is -0.258 e. The van der Waals surface area contributed by atoms with Gasteiger partial charge in [-0.05, 0) is 95.2 Å². The lowest BCUT2D eigenvalue weighted by Crippen LogP contribution is -2.15. The van der Waals surface area contributed by atoms with E-state index >= 15 is 0 Å². The molecule has 2 aliphatic rings. The number of benzene rings is 3. The normalized spacial score (nSPS) is 16.0. The van der Waals surface area contributed by atoms with Crippen LogP contribution in [0.3, 0.4) is 0 Å². The van der Waals surface area contributed by atoms with Gasteiger partial charge in [-0.15, -0.1) is 0 Å². The number of nitro groups is 3. The highest BCUT2D eigenvalue weighted by atomic mass is 16.6. The molecule has 0 saturated heterocycles. The summed E-state index contributed by atoms with van der Waals surface area (Å²) in [7, 11) is 0. The van der Waals surface area contributed by atoms with Crippen LogP contribution in [-0.4, -0.2) is 19.8 Å². The van der Waals surface area contributed by atoms with E-state index in [0.29, 0.717) is 11.1 Å². The number of nitro benzene ring substituents is 3. The van der Waals surface area contributed by atoms with Gasteiger partial charge in [0.15, 0.2) is 0 Å². The van der Waals surface area contributed by atoms with Gasteiger partial charge < -0.3 is 0 Å². The Balaban J connectivity index is 1.59. The quantitative estimate of drug-likeness (QED) is 0.167. The molecule has 0 unspecified atom stereocenters. The van der Waals surface area contributed by atoms with Crippen molar-refractivity contribution in [2.75, 3.05) is 0 Å². The number of pyridine rings is 1. The number of hydrogen-bond donors (Lipinski definition) is 0. The van der Waals surface area contributed by atoms with Crippen LogP contribution in [0.5, 0.6) is 0 Å². The van der Waals surface area contributed by atoms with Crippen LogP contribution in [0.15, 0.2) is 72.8 Å². The van der Waals surface area contributed by atoms with Crippen LogP contribution in [0.25, 0.3) is 34.4 Å². The first-order valence-corrected chi connectivity index (χ1v) is 14.0. The molecule has 1 aromatic heterocycles. The van der Waals surface area contributed by atoms with E-state index in [4.69, 9.17) is 4.98 Å². The zero-order valence-corrected chi connectivity index (χ0v) is 23.1. The third kappa shape index (κ3) is 5.54. The van der Waals surface area contributed by atoms with Gasteiger partial charge in [-0.25, -0.2) is 4.98 Å². The number of hydrogen-bond acceptors (Lipinski definition) is 7. The highest BCUT2D eigenvalue weighted by Crippen LogP contribution is 2.45. The molecule has 6 rings (SSSR count). The third-order valence-electron chi connectivity index (χ3n) is 7.94. The smallest absolute Gasteiger partial charge is 0.258 e. The second kappa shape index (κ2) is 11.4. The minimum atomic E-state index is -0.420. The molecule has 10 nitrogen and oxygen atoms in total. The Kier molecular flexibility index (Phi) is 7.33. The maximum Gasteiger partial charge on any atom is 0.270 e. The average Bonchev–Trinajstić information content (AvgIpc) is 3.01. The fraction of sp³-hybridized carbons (Fsp3) is 0.182. The molecule has 2 aliphatic carbocycles.